The van der Waals surface area contributed by atoms with Crippen LogP contribution in [-0.4, -0.2) is 32.8 Å². The number of hydrogen-bond acceptors (Lipinski definition) is 4. The number of rotatable bonds is 5. The van der Waals surface area contributed by atoms with Gasteiger partial charge in [-0.1, -0.05) is 19.9 Å². The van der Waals surface area contributed by atoms with Crippen LogP contribution in [0.25, 0.3) is 0 Å². The molecule has 0 spiro atoms. The summed E-state index contributed by atoms with van der Waals surface area (Å²) < 4.78 is 1.99. The van der Waals surface area contributed by atoms with Crippen molar-refractivity contribution in [2.75, 3.05) is 6.54 Å². The molecule has 1 N–H and O–H groups in total. The Labute approximate surface area is 151 Å². The number of thiophene rings is 1. The van der Waals surface area contributed by atoms with Gasteiger partial charge in [-0.2, -0.15) is 0 Å². The quantitative estimate of drug-likeness (QED) is 0.891. The van der Waals surface area contributed by atoms with Crippen molar-refractivity contribution >= 4 is 23.2 Å². The monoisotopic (exact) mass is 360 g/mol. The van der Waals surface area contributed by atoms with Crippen molar-refractivity contribution in [2.45, 2.75) is 46.3 Å². The van der Waals surface area contributed by atoms with Gasteiger partial charge in [0.05, 0.1) is 12.6 Å². The van der Waals surface area contributed by atoms with Gasteiger partial charge in [-0.15, -0.1) is 11.3 Å². The number of carbonyl (C=O) groups is 2. The minimum Gasteiger partial charge on any atom is -0.346 e. The van der Waals surface area contributed by atoms with Crippen LogP contribution in [0.3, 0.4) is 0 Å². The number of aromatic nitrogens is 2. The number of amides is 2. The zero-order valence-corrected chi connectivity index (χ0v) is 15.7. The number of fused-ring (bicyclic) bond motifs is 1. The lowest BCUT2D eigenvalue weighted by atomic mass is 10.1. The maximum Gasteiger partial charge on any atom is 0.271 e. The van der Waals surface area contributed by atoms with Crippen LogP contribution in [0.15, 0.2) is 23.7 Å². The van der Waals surface area contributed by atoms with Gasteiger partial charge in [-0.3, -0.25) is 9.59 Å². The zero-order chi connectivity index (χ0) is 18.0. The van der Waals surface area contributed by atoms with Crippen LogP contribution in [0.5, 0.6) is 0 Å². The molecule has 6 nitrogen and oxygen atoms in total. The fourth-order valence-electron chi connectivity index (χ4n) is 3.08. The molecular formula is C18H24N4O2S. The highest BCUT2D eigenvalue weighted by atomic mass is 32.1. The molecule has 0 fully saturated rings. The molecule has 0 radical (unpaired) electrons. The molecule has 7 heteroatoms. The van der Waals surface area contributed by atoms with Crippen molar-refractivity contribution in [3.8, 4) is 0 Å². The Bertz CT molecular complexity index is 751. The van der Waals surface area contributed by atoms with E-state index in [1.165, 1.54) is 0 Å². The second-order valence-electron chi connectivity index (χ2n) is 6.80. The Kier molecular flexibility index (Phi) is 5.22. The average molecular weight is 360 g/mol. The van der Waals surface area contributed by atoms with E-state index in [-0.39, 0.29) is 17.9 Å². The number of imidazole rings is 1. The Morgan fingerprint density at radius 2 is 2.20 bits per heavy atom. The van der Waals surface area contributed by atoms with E-state index in [4.69, 9.17) is 0 Å². The number of carbonyl (C=O) groups excluding carboxylic acids is 2. The molecule has 0 saturated heterocycles. The van der Waals surface area contributed by atoms with Gasteiger partial charge < -0.3 is 14.8 Å². The normalized spacial score (nSPS) is 16.8. The van der Waals surface area contributed by atoms with Crippen molar-refractivity contribution in [1.29, 1.82) is 0 Å². The van der Waals surface area contributed by atoms with Gasteiger partial charge in [0.2, 0.25) is 5.91 Å². The van der Waals surface area contributed by atoms with E-state index in [0.717, 1.165) is 10.7 Å². The van der Waals surface area contributed by atoms with E-state index in [0.29, 0.717) is 37.7 Å². The summed E-state index contributed by atoms with van der Waals surface area (Å²) in [6.45, 7) is 7.91. The highest BCUT2D eigenvalue weighted by Gasteiger charge is 2.30. The van der Waals surface area contributed by atoms with Crippen LogP contribution in [0.1, 0.15) is 54.4 Å². The van der Waals surface area contributed by atoms with Gasteiger partial charge in [-0.25, -0.2) is 4.98 Å². The fraction of sp³-hybridized carbons (Fsp3) is 0.500. The van der Waals surface area contributed by atoms with Crippen LogP contribution in [0.2, 0.25) is 0 Å². The molecule has 0 aliphatic carbocycles. The molecule has 2 aromatic rings. The second kappa shape index (κ2) is 7.39. The number of nitrogens with one attached hydrogen (secondary N) is 1. The lowest BCUT2D eigenvalue weighted by Crippen LogP contribution is -2.41. The standard InChI is InChI=1S/C18H24N4O2S/c1-12(2)9-16(23)22-7-6-21-11-15(20-17(21)13(22)3)18(24)19-10-14-5-4-8-25-14/h4-5,8,11-13H,6-7,9-10H2,1-3H3,(H,19,24)/t13-/m0/s1. The topological polar surface area (TPSA) is 67.2 Å². The lowest BCUT2D eigenvalue weighted by Gasteiger charge is -2.34. The summed E-state index contributed by atoms with van der Waals surface area (Å²) in [5.74, 6) is 1.09. The number of nitrogens with zero attached hydrogens (tertiary/aromatic N) is 3. The third-order valence-corrected chi connectivity index (χ3v) is 5.25. The van der Waals surface area contributed by atoms with Crippen LogP contribution in [0, 0.1) is 5.92 Å². The summed E-state index contributed by atoms with van der Waals surface area (Å²) in [6.07, 6.45) is 2.33. The van der Waals surface area contributed by atoms with Gasteiger partial charge in [0.1, 0.15) is 11.5 Å². The third kappa shape index (κ3) is 3.92. The summed E-state index contributed by atoms with van der Waals surface area (Å²) in [6, 6.07) is 3.84. The Balaban J connectivity index is 1.69. The first-order valence-electron chi connectivity index (χ1n) is 8.63. The molecule has 3 heterocycles. The van der Waals surface area contributed by atoms with Crippen LogP contribution < -0.4 is 5.32 Å². The summed E-state index contributed by atoms with van der Waals surface area (Å²) in [7, 11) is 0. The molecule has 0 bridgehead atoms. The maximum atomic E-state index is 12.4. The minimum atomic E-state index is -0.178. The first-order valence-corrected chi connectivity index (χ1v) is 9.50. The maximum absolute atomic E-state index is 12.4. The van der Waals surface area contributed by atoms with Crippen LogP contribution >= 0.6 is 11.3 Å². The molecule has 1 aliphatic rings. The average Bonchev–Trinajstić information content (AvgIpc) is 3.21. The highest BCUT2D eigenvalue weighted by Crippen LogP contribution is 2.26. The molecule has 0 aromatic carbocycles. The molecule has 2 aromatic heterocycles. The van der Waals surface area contributed by atoms with Crippen LogP contribution in [0.4, 0.5) is 0 Å². The molecule has 3 rings (SSSR count). The summed E-state index contributed by atoms with van der Waals surface area (Å²) in [5.41, 5.74) is 0.413. The van der Waals surface area contributed by atoms with Crippen LogP contribution in [-0.2, 0) is 17.9 Å². The predicted octanol–water partition coefficient (Wildman–Crippen LogP) is 2.82. The molecule has 1 aliphatic heterocycles. The van der Waals surface area contributed by atoms with Gasteiger partial charge in [-0.05, 0) is 24.3 Å². The third-order valence-electron chi connectivity index (χ3n) is 4.37. The molecule has 134 valence electrons. The van der Waals surface area contributed by atoms with Crippen molar-refractivity contribution in [1.82, 2.24) is 19.8 Å². The van der Waals surface area contributed by atoms with E-state index >= 15 is 0 Å². The predicted molar refractivity (Wildman–Crippen MR) is 97.3 cm³/mol. The minimum absolute atomic E-state index is 0.112. The summed E-state index contributed by atoms with van der Waals surface area (Å²) in [5, 5.41) is 4.89. The Hall–Kier alpha value is -2.15. The largest absolute Gasteiger partial charge is 0.346 e. The van der Waals surface area contributed by atoms with E-state index in [1.807, 2.05) is 47.8 Å². The Morgan fingerprint density at radius 1 is 1.40 bits per heavy atom. The van der Waals surface area contributed by atoms with Crippen molar-refractivity contribution < 1.29 is 9.59 Å². The Morgan fingerprint density at radius 3 is 2.88 bits per heavy atom. The van der Waals surface area contributed by atoms with Gasteiger partial charge >= 0.3 is 0 Å². The highest BCUT2D eigenvalue weighted by molar-refractivity contribution is 7.09. The summed E-state index contributed by atoms with van der Waals surface area (Å²) >= 11 is 1.61. The molecule has 25 heavy (non-hydrogen) atoms. The van der Waals surface area contributed by atoms with Gasteiger partial charge in [0.25, 0.3) is 5.91 Å². The van der Waals surface area contributed by atoms with E-state index in [9.17, 15) is 9.59 Å². The van der Waals surface area contributed by atoms with E-state index in [2.05, 4.69) is 10.3 Å². The van der Waals surface area contributed by atoms with Crippen molar-refractivity contribution in [3.05, 3.63) is 40.1 Å². The lowest BCUT2D eigenvalue weighted by molar-refractivity contribution is -0.135. The molecule has 2 amide bonds. The second-order valence-corrected chi connectivity index (χ2v) is 7.83. The fourth-order valence-corrected chi connectivity index (χ4v) is 3.72. The van der Waals surface area contributed by atoms with Gasteiger partial charge in [0.15, 0.2) is 0 Å². The molecule has 0 unspecified atom stereocenters. The smallest absolute Gasteiger partial charge is 0.271 e. The molecule has 0 saturated carbocycles. The van der Waals surface area contributed by atoms with E-state index in [1.54, 1.807) is 17.5 Å². The SMILES string of the molecule is CC(C)CC(=O)N1CCn2cc(C(=O)NCc3cccs3)nc2[C@@H]1C. The first kappa shape index (κ1) is 17.7. The van der Waals surface area contributed by atoms with E-state index < -0.39 is 0 Å². The first-order chi connectivity index (χ1) is 12.0. The zero-order valence-electron chi connectivity index (χ0n) is 14.9. The number of hydrogen-bond donors (Lipinski definition) is 1. The van der Waals surface area contributed by atoms with Crippen molar-refractivity contribution in [2.24, 2.45) is 5.92 Å². The molecular weight excluding hydrogens is 336 g/mol. The summed E-state index contributed by atoms with van der Waals surface area (Å²) in [4.78, 5) is 32.3. The molecule has 1 atom stereocenters. The van der Waals surface area contributed by atoms with Crippen molar-refractivity contribution in [3.63, 3.8) is 0 Å². The van der Waals surface area contributed by atoms with Gasteiger partial charge in [0, 0.05) is 30.6 Å².